The Bertz CT molecular complexity index is 496. The highest BCUT2D eigenvalue weighted by atomic mass is 35.5. The first-order valence-corrected chi connectivity index (χ1v) is 6.46. The Labute approximate surface area is 118 Å². The summed E-state index contributed by atoms with van der Waals surface area (Å²) in [4.78, 5) is 11.7. The van der Waals surface area contributed by atoms with E-state index in [0.29, 0.717) is 12.2 Å². The third-order valence-corrected chi connectivity index (χ3v) is 3.29. The van der Waals surface area contributed by atoms with Crippen molar-refractivity contribution in [2.24, 2.45) is 0 Å². The Kier molecular flexibility index (Phi) is 4.23. The van der Waals surface area contributed by atoms with Crippen LogP contribution in [-0.4, -0.2) is 10.8 Å². The van der Waals surface area contributed by atoms with E-state index in [9.17, 15) is 4.79 Å². The van der Waals surface area contributed by atoms with Crippen molar-refractivity contribution in [2.45, 2.75) is 18.9 Å². The van der Waals surface area contributed by atoms with E-state index in [1.165, 1.54) is 0 Å². The van der Waals surface area contributed by atoms with Crippen LogP contribution < -0.4 is 4.74 Å². The summed E-state index contributed by atoms with van der Waals surface area (Å²) in [6.07, 6.45) is 0.436. The number of halogens is 1. The van der Waals surface area contributed by atoms with Gasteiger partial charge in [0.15, 0.2) is 5.60 Å². The Morgan fingerprint density at radius 1 is 1.05 bits per heavy atom. The predicted molar refractivity (Wildman–Crippen MR) is 76.5 cm³/mol. The van der Waals surface area contributed by atoms with Crippen LogP contribution in [-0.2, 0) is 11.2 Å². The minimum Gasteiger partial charge on any atom is -0.478 e. The van der Waals surface area contributed by atoms with Gasteiger partial charge in [-0.05, 0) is 36.2 Å². The summed E-state index contributed by atoms with van der Waals surface area (Å²) in [5.74, 6) is 0.634. The molecule has 0 aliphatic rings. The van der Waals surface area contributed by atoms with Gasteiger partial charge in [0.05, 0.1) is 0 Å². The normalized spacial score (nSPS) is 13.6. The third kappa shape index (κ3) is 3.58. The molecule has 98 valence electrons. The third-order valence-electron chi connectivity index (χ3n) is 2.89. The molecule has 2 aromatic rings. The number of para-hydroxylation sites is 1. The average Bonchev–Trinajstić information content (AvgIpc) is 2.40. The van der Waals surface area contributed by atoms with E-state index in [0.717, 1.165) is 5.56 Å². The van der Waals surface area contributed by atoms with Crippen molar-refractivity contribution in [1.82, 2.24) is 0 Å². The van der Waals surface area contributed by atoms with Gasteiger partial charge in [0, 0.05) is 6.42 Å². The molecule has 0 aliphatic heterocycles. The van der Waals surface area contributed by atoms with Crippen LogP contribution >= 0.6 is 11.6 Å². The molecule has 2 nitrogen and oxygen atoms in total. The van der Waals surface area contributed by atoms with Crippen molar-refractivity contribution < 1.29 is 9.53 Å². The van der Waals surface area contributed by atoms with Gasteiger partial charge in [-0.1, -0.05) is 48.5 Å². The second-order valence-corrected chi connectivity index (χ2v) is 4.93. The van der Waals surface area contributed by atoms with Gasteiger partial charge < -0.3 is 4.74 Å². The first-order chi connectivity index (χ1) is 9.10. The van der Waals surface area contributed by atoms with Gasteiger partial charge >= 0.3 is 0 Å². The number of carbonyl (C=O) groups excluding carboxylic acids is 1. The fourth-order valence-corrected chi connectivity index (χ4v) is 1.99. The quantitative estimate of drug-likeness (QED) is 0.775. The summed E-state index contributed by atoms with van der Waals surface area (Å²) < 4.78 is 5.79. The van der Waals surface area contributed by atoms with Crippen LogP contribution in [0.4, 0.5) is 0 Å². The molecule has 0 heterocycles. The van der Waals surface area contributed by atoms with Crippen LogP contribution in [0.25, 0.3) is 0 Å². The van der Waals surface area contributed by atoms with Gasteiger partial charge in [-0.15, -0.1) is 0 Å². The van der Waals surface area contributed by atoms with Gasteiger partial charge in [-0.3, -0.25) is 4.79 Å². The molecule has 0 amide bonds. The fourth-order valence-electron chi connectivity index (χ4n) is 1.88. The van der Waals surface area contributed by atoms with Crippen LogP contribution in [0.5, 0.6) is 5.75 Å². The highest BCUT2D eigenvalue weighted by Gasteiger charge is 2.34. The summed E-state index contributed by atoms with van der Waals surface area (Å²) in [7, 11) is 0. The van der Waals surface area contributed by atoms with Crippen LogP contribution in [0.1, 0.15) is 12.5 Å². The Morgan fingerprint density at radius 3 is 2.11 bits per heavy atom. The van der Waals surface area contributed by atoms with Gasteiger partial charge in [0.2, 0.25) is 0 Å². The molecule has 0 N–H and O–H groups in total. The smallest absolute Gasteiger partial charge is 0.265 e. The SMILES string of the molecule is CC(Cc1ccccc1)(Oc1ccccc1)C(=O)Cl. The lowest BCUT2D eigenvalue weighted by Crippen LogP contribution is -2.41. The molecule has 1 atom stereocenters. The van der Waals surface area contributed by atoms with Crippen molar-refractivity contribution in [3.8, 4) is 5.75 Å². The number of rotatable bonds is 5. The monoisotopic (exact) mass is 274 g/mol. The van der Waals surface area contributed by atoms with E-state index < -0.39 is 10.8 Å². The van der Waals surface area contributed by atoms with Crippen LogP contribution in [0.3, 0.4) is 0 Å². The summed E-state index contributed by atoms with van der Waals surface area (Å²) in [5.41, 5.74) is -0.0560. The molecule has 1 unspecified atom stereocenters. The van der Waals surface area contributed by atoms with Gasteiger partial charge in [0.25, 0.3) is 5.24 Å². The first-order valence-electron chi connectivity index (χ1n) is 6.08. The van der Waals surface area contributed by atoms with Crippen LogP contribution in [0.2, 0.25) is 0 Å². The van der Waals surface area contributed by atoms with Crippen molar-refractivity contribution in [2.75, 3.05) is 0 Å². The maximum absolute atomic E-state index is 11.7. The van der Waals surface area contributed by atoms with Crippen molar-refractivity contribution in [1.29, 1.82) is 0 Å². The summed E-state index contributed by atoms with van der Waals surface area (Å²) >= 11 is 5.72. The van der Waals surface area contributed by atoms with Gasteiger partial charge in [-0.2, -0.15) is 0 Å². The summed E-state index contributed by atoms with van der Waals surface area (Å²) in [6, 6.07) is 18.9. The molecular weight excluding hydrogens is 260 g/mol. The molecule has 0 aromatic heterocycles. The molecule has 2 aromatic carbocycles. The predicted octanol–water partition coefficient (Wildman–Crippen LogP) is 3.83. The fraction of sp³-hybridized carbons (Fsp3) is 0.188. The molecule has 19 heavy (non-hydrogen) atoms. The Hall–Kier alpha value is -1.80. The highest BCUT2D eigenvalue weighted by Crippen LogP contribution is 2.24. The summed E-state index contributed by atoms with van der Waals surface area (Å²) in [6.45, 7) is 1.71. The van der Waals surface area contributed by atoms with E-state index in [4.69, 9.17) is 16.3 Å². The zero-order valence-corrected chi connectivity index (χ0v) is 11.4. The minimum absolute atomic E-state index is 0.436. The number of carbonyl (C=O) groups is 1. The van der Waals surface area contributed by atoms with E-state index in [-0.39, 0.29) is 0 Å². The van der Waals surface area contributed by atoms with Crippen LogP contribution in [0.15, 0.2) is 60.7 Å². The molecule has 3 heteroatoms. The van der Waals surface area contributed by atoms with Gasteiger partial charge in [-0.25, -0.2) is 0 Å². The molecular formula is C16H15ClO2. The molecule has 0 saturated carbocycles. The summed E-state index contributed by atoms with van der Waals surface area (Å²) in [5, 5.41) is -0.500. The van der Waals surface area contributed by atoms with Crippen molar-refractivity contribution >= 4 is 16.8 Å². The molecule has 0 fully saturated rings. The zero-order valence-electron chi connectivity index (χ0n) is 10.7. The van der Waals surface area contributed by atoms with Crippen molar-refractivity contribution in [3.63, 3.8) is 0 Å². The average molecular weight is 275 g/mol. The van der Waals surface area contributed by atoms with E-state index in [1.807, 2.05) is 60.7 Å². The number of hydrogen-bond donors (Lipinski definition) is 0. The lowest BCUT2D eigenvalue weighted by Gasteiger charge is -2.27. The molecule has 0 aliphatic carbocycles. The number of ether oxygens (including phenoxy) is 1. The largest absolute Gasteiger partial charge is 0.478 e. The van der Waals surface area contributed by atoms with E-state index in [1.54, 1.807) is 6.92 Å². The maximum Gasteiger partial charge on any atom is 0.265 e. The van der Waals surface area contributed by atoms with E-state index in [2.05, 4.69) is 0 Å². The second-order valence-electron chi connectivity index (χ2n) is 4.58. The van der Waals surface area contributed by atoms with Crippen molar-refractivity contribution in [3.05, 3.63) is 66.2 Å². The lowest BCUT2D eigenvalue weighted by atomic mass is 9.97. The molecule has 0 saturated heterocycles. The topological polar surface area (TPSA) is 26.3 Å². The molecule has 0 spiro atoms. The Morgan fingerprint density at radius 2 is 1.58 bits per heavy atom. The van der Waals surface area contributed by atoms with Gasteiger partial charge in [0.1, 0.15) is 5.75 Å². The van der Waals surface area contributed by atoms with E-state index >= 15 is 0 Å². The molecule has 0 bridgehead atoms. The molecule has 0 radical (unpaired) electrons. The Balaban J connectivity index is 2.21. The lowest BCUT2D eigenvalue weighted by molar-refractivity contribution is -0.124. The maximum atomic E-state index is 11.7. The number of benzene rings is 2. The minimum atomic E-state index is -1.07. The first kappa shape index (κ1) is 13.6. The highest BCUT2D eigenvalue weighted by molar-refractivity contribution is 6.65. The second kappa shape index (κ2) is 5.89. The molecule has 2 rings (SSSR count). The van der Waals surface area contributed by atoms with Crippen LogP contribution in [0, 0.1) is 0 Å². The standard InChI is InChI=1S/C16H15ClO2/c1-16(15(17)18,12-13-8-4-2-5-9-13)19-14-10-6-3-7-11-14/h2-11H,12H2,1H3. The zero-order chi connectivity index (χ0) is 13.7. The number of hydrogen-bond acceptors (Lipinski definition) is 2.